The van der Waals surface area contributed by atoms with Crippen LogP contribution in [0.4, 0.5) is 20.2 Å². The Morgan fingerprint density at radius 3 is 1.33 bits per heavy atom. The van der Waals surface area contributed by atoms with Gasteiger partial charge in [-0.15, -0.1) is 0 Å². The van der Waals surface area contributed by atoms with Gasteiger partial charge in [0.1, 0.15) is 22.8 Å². The highest BCUT2D eigenvalue weighted by molar-refractivity contribution is 9.08. The van der Waals surface area contributed by atoms with E-state index in [9.17, 15) is 33.8 Å². The Morgan fingerprint density at radius 2 is 0.933 bits per heavy atom. The van der Waals surface area contributed by atoms with Crippen molar-refractivity contribution in [3.8, 4) is 22.3 Å². The lowest BCUT2D eigenvalue weighted by molar-refractivity contribution is 0.0684. The van der Waals surface area contributed by atoms with Crippen LogP contribution in [0.5, 0.6) is 0 Å². The number of fused-ring (bicyclic) bond motifs is 2. The van der Waals surface area contributed by atoms with Crippen LogP contribution in [-0.4, -0.2) is 88.5 Å². The molecule has 2 saturated heterocycles. The van der Waals surface area contributed by atoms with E-state index < -0.39 is 34.4 Å². The first-order chi connectivity index (χ1) is 36.4. The number of benzene rings is 6. The third-order valence-corrected chi connectivity index (χ3v) is 15.0. The summed E-state index contributed by atoms with van der Waals surface area (Å²) in [5, 5.41) is 23.1. The predicted octanol–water partition coefficient (Wildman–Crippen LogP) is 11.0. The van der Waals surface area contributed by atoms with Crippen LogP contribution in [0, 0.1) is 11.6 Å². The first-order valence-electron chi connectivity index (χ1n) is 25.4. The Bertz CT molecular complexity index is 3480. The fourth-order valence-corrected chi connectivity index (χ4v) is 10.4. The molecule has 0 atom stereocenters. The average Bonchev–Trinajstić information content (AvgIpc) is 4.40. The molecular weight excluding hydrogens is 1020 g/mol. The zero-order chi connectivity index (χ0) is 52.2. The van der Waals surface area contributed by atoms with Crippen molar-refractivity contribution >= 4 is 61.0 Å². The normalized spacial score (nSPS) is 15.7. The van der Waals surface area contributed by atoms with E-state index >= 15 is 4.39 Å². The standard InChI is InChI=1S/C30H28FN3O3.C17H18FN3O3.C13H11Br/c31-26-16-24-27(34(23-10-11-23)19-25(29(24)35)30(36)37)17-28(26)33-14-12-32(13-15-33)18-20-6-8-22(9-7-20)21-4-2-1-3-5-21;18-13-7-11-14(8-15(13)20-5-3-19-4-6-20)21(10-1-2-10)9-12(16(11)22)17(23)24;14-10-11-6-8-13(9-7-11)12-4-2-1-3-5-12/h1-9,16-17,19,23H,10-15,18H2,(H,36,37);7-10,19H,1-6H2,(H,23,24);1-9H,10H2. The molecule has 75 heavy (non-hydrogen) atoms. The van der Waals surface area contributed by atoms with Crippen LogP contribution in [0.1, 0.15) is 69.6 Å². The number of carboxylic acids is 2. The first-order valence-corrected chi connectivity index (χ1v) is 26.6. The van der Waals surface area contributed by atoms with Crippen LogP contribution in [0.2, 0.25) is 0 Å². The number of carbonyl (C=O) groups is 2. The molecule has 3 N–H and O–H groups in total. The van der Waals surface area contributed by atoms with Gasteiger partial charge in [-0.25, -0.2) is 18.4 Å². The van der Waals surface area contributed by atoms with Crippen molar-refractivity contribution in [3.05, 3.63) is 200 Å². The molecule has 4 heterocycles. The summed E-state index contributed by atoms with van der Waals surface area (Å²) in [6.45, 7) is 6.73. The number of halogens is 3. The lowest BCUT2D eigenvalue weighted by atomic mass is 10.0. The van der Waals surface area contributed by atoms with Gasteiger partial charge in [0.05, 0.1) is 22.4 Å². The van der Waals surface area contributed by atoms with Gasteiger partial charge in [-0.3, -0.25) is 14.5 Å². The molecule has 2 aliphatic carbocycles. The molecule has 0 unspecified atom stereocenters. The monoisotopic (exact) mass is 1070 g/mol. The maximum Gasteiger partial charge on any atom is 0.341 e. The molecule has 4 aliphatic rings. The highest BCUT2D eigenvalue weighted by Crippen LogP contribution is 2.40. The summed E-state index contributed by atoms with van der Waals surface area (Å²) >= 11 is 3.44. The van der Waals surface area contributed by atoms with E-state index in [1.165, 1.54) is 57.9 Å². The minimum atomic E-state index is -1.28. The summed E-state index contributed by atoms with van der Waals surface area (Å²) in [6, 6.07) is 44.2. The second-order valence-electron chi connectivity index (χ2n) is 19.5. The zero-order valence-corrected chi connectivity index (χ0v) is 42.9. The Morgan fingerprint density at radius 1 is 0.533 bits per heavy atom. The van der Waals surface area contributed by atoms with Crippen molar-refractivity contribution in [2.75, 3.05) is 62.2 Å². The number of alkyl halides is 1. The van der Waals surface area contributed by atoms with Gasteiger partial charge in [0.25, 0.3) is 0 Å². The molecule has 0 radical (unpaired) electrons. The number of piperazine rings is 2. The van der Waals surface area contributed by atoms with E-state index in [1.54, 1.807) is 12.1 Å². The van der Waals surface area contributed by atoms with Gasteiger partial charge in [-0.05, 0) is 83.3 Å². The molecule has 8 aromatic rings. The van der Waals surface area contributed by atoms with Crippen LogP contribution < -0.4 is 26.0 Å². The van der Waals surface area contributed by atoms with Gasteiger partial charge in [0, 0.05) is 99.5 Å². The van der Waals surface area contributed by atoms with Crippen LogP contribution in [0.15, 0.2) is 155 Å². The summed E-state index contributed by atoms with van der Waals surface area (Å²) < 4.78 is 33.5. The van der Waals surface area contributed by atoms with Gasteiger partial charge < -0.3 is 34.5 Å². The third-order valence-electron chi connectivity index (χ3n) is 14.4. The lowest BCUT2D eigenvalue weighted by Gasteiger charge is -2.36. The number of aromatic nitrogens is 2. The molecule has 2 saturated carbocycles. The molecule has 12 nitrogen and oxygen atoms in total. The Hall–Kier alpha value is -7.46. The van der Waals surface area contributed by atoms with Gasteiger partial charge >= 0.3 is 11.9 Å². The number of hydrogen-bond acceptors (Lipinski definition) is 8. The third kappa shape index (κ3) is 11.6. The quantitative estimate of drug-likeness (QED) is 0.107. The Balaban J connectivity index is 0.000000144. The van der Waals surface area contributed by atoms with E-state index in [2.05, 4.69) is 111 Å². The van der Waals surface area contributed by atoms with Crippen molar-refractivity contribution in [3.63, 3.8) is 0 Å². The van der Waals surface area contributed by atoms with Crippen LogP contribution in [-0.2, 0) is 11.9 Å². The molecule has 0 bridgehead atoms. The summed E-state index contributed by atoms with van der Waals surface area (Å²) in [5.74, 6) is -3.52. The SMILES string of the molecule is BrCc1ccc(-c2ccccc2)cc1.O=C(O)c1cn(C2CC2)c2cc(N3CCN(Cc4ccc(-c5ccccc5)cc4)CC3)c(F)cc2c1=O.O=C(O)c1cn(C2CC2)c2cc(N3CCNCC3)c(F)cc2c1=O. The topological polar surface area (TPSA) is 140 Å². The largest absolute Gasteiger partial charge is 0.477 e. The predicted molar refractivity (Wildman–Crippen MR) is 296 cm³/mol. The highest BCUT2D eigenvalue weighted by Gasteiger charge is 2.30. The Labute approximate surface area is 441 Å². The fourth-order valence-electron chi connectivity index (χ4n) is 9.98. The highest BCUT2D eigenvalue weighted by atomic mass is 79.9. The smallest absolute Gasteiger partial charge is 0.341 e. The van der Waals surface area contributed by atoms with E-state index in [0.717, 1.165) is 63.7 Å². The van der Waals surface area contributed by atoms with Crippen molar-refractivity contribution in [2.45, 2.75) is 49.6 Å². The summed E-state index contributed by atoms with van der Waals surface area (Å²) in [6.07, 6.45) is 6.57. The Kier molecular flexibility index (Phi) is 15.4. The number of pyridine rings is 2. The van der Waals surface area contributed by atoms with Crippen molar-refractivity contribution in [1.29, 1.82) is 0 Å². The zero-order valence-electron chi connectivity index (χ0n) is 41.3. The van der Waals surface area contributed by atoms with Crippen LogP contribution in [0.3, 0.4) is 0 Å². The average molecular weight is 1080 g/mol. The number of nitrogens with zero attached hydrogens (tertiary/aromatic N) is 5. The molecule has 0 amide bonds. The number of anilines is 2. The van der Waals surface area contributed by atoms with Crippen LogP contribution in [0.25, 0.3) is 44.1 Å². The number of nitrogens with one attached hydrogen (secondary N) is 1. The second-order valence-corrected chi connectivity index (χ2v) is 20.1. The molecule has 0 spiro atoms. The molecule has 6 aromatic carbocycles. The van der Waals surface area contributed by atoms with Crippen molar-refractivity contribution < 1.29 is 28.6 Å². The summed E-state index contributed by atoms with van der Waals surface area (Å²) in [5.41, 5.74) is 7.79. The number of hydrogen-bond donors (Lipinski definition) is 3. The molecule has 4 fully saturated rings. The first kappa shape index (κ1) is 51.0. The maximum atomic E-state index is 15.2. The fraction of sp³-hybridized carbons (Fsp3) is 0.267. The molecule has 15 heteroatoms. The van der Waals surface area contributed by atoms with E-state index in [4.69, 9.17) is 0 Å². The van der Waals surface area contributed by atoms with Crippen molar-refractivity contribution in [2.24, 2.45) is 0 Å². The molecular formula is C60H57BrF2N6O6. The van der Waals surface area contributed by atoms with E-state index in [0.29, 0.717) is 48.6 Å². The van der Waals surface area contributed by atoms with E-state index in [-0.39, 0.29) is 34.0 Å². The van der Waals surface area contributed by atoms with E-state index in [1.807, 2.05) is 43.2 Å². The summed E-state index contributed by atoms with van der Waals surface area (Å²) in [7, 11) is 0. The minimum absolute atomic E-state index is 0.130. The second kappa shape index (κ2) is 22.6. The number of carboxylic acid groups (broad SMARTS) is 2. The molecule has 2 aliphatic heterocycles. The van der Waals surface area contributed by atoms with Gasteiger partial charge in [-0.2, -0.15) is 0 Å². The minimum Gasteiger partial charge on any atom is -0.477 e. The van der Waals surface area contributed by atoms with Gasteiger partial charge in [0.2, 0.25) is 10.9 Å². The lowest BCUT2D eigenvalue weighted by Crippen LogP contribution is -2.46. The number of aromatic carboxylic acids is 2. The van der Waals surface area contributed by atoms with Crippen molar-refractivity contribution in [1.82, 2.24) is 19.4 Å². The van der Waals surface area contributed by atoms with Gasteiger partial charge in [0.15, 0.2) is 0 Å². The number of rotatable bonds is 11. The van der Waals surface area contributed by atoms with Gasteiger partial charge in [-0.1, -0.05) is 125 Å². The maximum absolute atomic E-state index is 15.2. The van der Waals surface area contributed by atoms with Crippen LogP contribution >= 0.6 is 15.9 Å². The summed E-state index contributed by atoms with van der Waals surface area (Å²) in [4.78, 5) is 54.4. The molecule has 12 rings (SSSR count). The molecule has 2 aromatic heterocycles. The molecule has 384 valence electrons.